The molecule has 1 aromatic rings. The third kappa shape index (κ3) is 2.68. The van der Waals surface area contributed by atoms with Crippen LogP contribution in [-0.4, -0.2) is 0 Å². The molecule has 1 aromatic carbocycles. The molecular weight excluding hydrogens is 280 g/mol. The lowest BCUT2D eigenvalue weighted by atomic mass is 10.1. The molecule has 0 heterocycles. The van der Waals surface area contributed by atoms with Crippen molar-refractivity contribution in [2.45, 2.75) is 12.5 Å². The van der Waals surface area contributed by atoms with Crippen LogP contribution >= 0.6 is 22.6 Å². The lowest BCUT2D eigenvalue weighted by Crippen LogP contribution is -2.10. The quantitative estimate of drug-likeness (QED) is 0.657. The van der Waals surface area contributed by atoms with Crippen molar-refractivity contribution < 1.29 is 4.39 Å². The van der Waals surface area contributed by atoms with Crippen molar-refractivity contribution in [3.8, 4) is 12.3 Å². The highest BCUT2D eigenvalue weighted by Crippen LogP contribution is 2.21. The van der Waals surface area contributed by atoms with Gasteiger partial charge in [-0.3, -0.25) is 0 Å². The summed E-state index contributed by atoms with van der Waals surface area (Å²) in [6, 6.07) is 4.33. The van der Waals surface area contributed by atoms with E-state index in [0.29, 0.717) is 6.42 Å². The van der Waals surface area contributed by atoms with Gasteiger partial charge in [0.1, 0.15) is 5.82 Å². The molecule has 68 valence electrons. The molecule has 0 aliphatic carbocycles. The predicted octanol–water partition coefficient (Wildman–Crippen LogP) is 2.45. The van der Waals surface area contributed by atoms with Gasteiger partial charge in [0.15, 0.2) is 0 Å². The van der Waals surface area contributed by atoms with Crippen LogP contribution in [0.25, 0.3) is 0 Å². The van der Waals surface area contributed by atoms with Crippen LogP contribution in [0.3, 0.4) is 0 Å². The molecule has 1 nitrogen and oxygen atoms in total. The fourth-order valence-corrected chi connectivity index (χ4v) is 1.92. The lowest BCUT2D eigenvalue weighted by Gasteiger charge is -2.10. The Balaban J connectivity index is 2.96. The van der Waals surface area contributed by atoms with Gasteiger partial charge in [0.25, 0.3) is 0 Å². The van der Waals surface area contributed by atoms with E-state index in [1.54, 1.807) is 6.07 Å². The summed E-state index contributed by atoms with van der Waals surface area (Å²) in [4.78, 5) is 0. The third-order valence-corrected chi connectivity index (χ3v) is 2.63. The molecule has 1 unspecified atom stereocenters. The van der Waals surface area contributed by atoms with Crippen molar-refractivity contribution in [2.75, 3.05) is 0 Å². The van der Waals surface area contributed by atoms with Crippen LogP contribution in [0.1, 0.15) is 18.0 Å². The Hall–Kier alpha value is -0.600. The second-order valence-corrected chi connectivity index (χ2v) is 3.84. The van der Waals surface area contributed by atoms with Gasteiger partial charge in [-0.05, 0) is 40.3 Å². The van der Waals surface area contributed by atoms with Crippen molar-refractivity contribution >= 4 is 22.6 Å². The molecule has 0 aromatic heterocycles. The summed E-state index contributed by atoms with van der Waals surface area (Å²) in [6.07, 6.45) is 5.61. The minimum absolute atomic E-state index is 0.197. The summed E-state index contributed by atoms with van der Waals surface area (Å²) >= 11 is 2.05. The zero-order valence-corrected chi connectivity index (χ0v) is 9.08. The smallest absolute Gasteiger partial charge is 0.124 e. The highest BCUT2D eigenvalue weighted by molar-refractivity contribution is 14.1. The SMILES string of the molecule is C#CCC(N)c1ccc(F)cc1I. The molecule has 0 fully saturated rings. The Kier molecular flexibility index (Phi) is 3.70. The van der Waals surface area contributed by atoms with Gasteiger partial charge in [0.2, 0.25) is 0 Å². The minimum Gasteiger partial charge on any atom is -0.323 e. The van der Waals surface area contributed by atoms with Gasteiger partial charge < -0.3 is 5.73 Å². The van der Waals surface area contributed by atoms with Crippen LogP contribution in [0.4, 0.5) is 4.39 Å². The maximum Gasteiger partial charge on any atom is 0.124 e. The summed E-state index contributed by atoms with van der Waals surface area (Å²) < 4.78 is 13.5. The maximum absolute atomic E-state index is 12.7. The molecular formula is C10H9FIN. The Labute approximate surface area is 90.7 Å². The fourth-order valence-electron chi connectivity index (χ4n) is 1.04. The molecule has 0 bridgehead atoms. The van der Waals surface area contributed by atoms with Crippen LogP contribution in [0.5, 0.6) is 0 Å². The lowest BCUT2D eigenvalue weighted by molar-refractivity contribution is 0.623. The average molecular weight is 289 g/mol. The first-order valence-corrected chi connectivity index (χ1v) is 4.87. The summed E-state index contributed by atoms with van der Waals surface area (Å²) in [5.74, 6) is 2.24. The highest BCUT2D eigenvalue weighted by Gasteiger charge is 2.08. The van der Waals surface area contributed by atoms with Gasteiger partial charge in [-0.2, -0.15) is 0 Å². The number of halogens is 2. The molecule has 0 aliphatic heterocycles. The van der Waals surface area contributed by atoms with E-state index in [1.165, 1.54) is 12.1 Å². The van der Waals surface area contributed by atoms with Gasteiger partial charge in [-0.25, -0.2) is 4.39 Å². The Morgan fingerprint density at radius 3 is 2.85 bits per heavy atom. The largest absolute Gasteiger partial charge is 0.323 e. The van der Waals surface area contributed by atoms with E-state index in [9.17, 15) is 4.39 Å². The molecule has 3 heteroatoms. The second kappa shape index (κ2) is 4.58. The van der Waals surface area contributed by atoms with Crippen molar-refractivity contribution in [2.24, 2.45) is 5.73 Å². The highest BCUT2D eigenvalue weighted by atomic mass is 127. The number of nitrogens with two attached hydrogens (primary N) is 1. The van der Waals surface area contributed by atoms with Crippen molar-refractivity contribution in [1.82, 2.24) is 0 Å². The molecule has 0 spiro atoms. The molecule has 0 amide bonds. The number of terminal acetylenes is 1. The Morgan fingerprint density at radius 1 is 1.62 bits per heavy atom. The van der Waals surface area contributed by atoms with E-state index in [1.807, 2.05) is 0 Å². The maximum atomic E-state index is 12.7. The standard InChI is InChI=1S/C10H9FIN/c1-2-3-10(13)8-5-4-7(11)6-9(8)12/h1,4-6,10H,3,13H2. The first-order chi connectivity index (χ1) is 6.15. The average Bonchev–Trinajstić information content (AvgIpc) is 2.04. The van der Waals surface area contributed by atoms with Gasteiger partial charge in [0.05, 0.1) is 0 Å². The molecule has 0 radical (unpaired) electrons. The number of rotatable bonds is 2. The van der Waals surface area contributed by atoms with E-state index in [2.05, 4.69) is 28.5 Å². The fraction of sp³-hybridized carbons (Fsp3) is 0.200. The monoisotopic (exact) mass is 289 g/mol. The summed E-state index contributed by atoms with van der Waals surface area (Å²) in [5, 5.41) is 0. The van der Waals surface area contributed by atoms with Crippen molar-refractivity contribution in [3.05, 3.63) is 33.1 Å². The van der Waals surface area contributed by atoms with Gasteiger partial charge in [-0.15, -0.1) is 12.3 Å². The Bertz CT molecular complexity index is 343. The molecule has 0 saturated heterocycles. The normalized spacial score (nSPS) is 12.2. The van der Waals surface area contributed by atoms with Crippen LogP contribution in [0, 0.1) is 21.7 Å². The minimum atomic E-state index is -0.249. The van der Waals surface area contributed by atoms with Gasteiger partial charge in [0, 0.05) is 16.0 Å². The second-order valence-electron chi connectivity index (χ2n) is 2.68. The van der Waals surface area contributed by atoms with Crippen LogP contribution in [0.2, 0.25) is 0 Å². The molecule has 0 aliphatic rings. The van der Waals surface area contributed by atoms with E-state index < -0.39 is 0 Å². The summed E-state index contributed by atoms with van der Waals surface area (Å²) in [6.45, 7) is 0. The number of hydrogen-bond acceptors (Lipinski definition) is 1. The first kappa shape index (κ1) is 10.5. The van der Waals surface area contributed by atoms with E-state index in [4.69, 9.17) is 12.2 Å². The zero-order valence-electron chi connectivity index (χ0n) is 6.93. The molecule has 2 N–H and O–H groups in total. The van der Waals surface area contributed by atoms with E-state index >= 15 is 0 Å². The van der Waals surface area contributed by atoms with Crippen molar-refractivity contribution in [1.29, 1.82) is 0 Å². The first-order valence-electron chi connectivity index (χ1n) is 3.79. The zero-order chi connectivity index (χ0) is 9.84. The third-order valence-electron chi connectivity index (χ3n) is 1.70. The van der Waals surface area contributed by atoms with Crippen LogP contribution in [0.15, 0.2) is 18.2 Å². The number of benzene rings is 1. The molecule has 13 heavy (non-hydrogen) atoms. The van der Waals surface area contributed by atoms with Crippen LogP contribution < -0.4 is 5.73 Å². The summed E-state index contributed by atoms with van der Waals surface area (Å²) in [5.41, 5.74) is 6.69. The molecule has 1 rings (SSSR count). The Morgan fingerprint density at radius 2 is 2.31 bits per heavy atom. The molecule has 0 saturated carbocycles. The van der Waals surface area contributed by atoms with Crippen LogP contribution in [-0.2, 0) is 0 Å². The van der Waals surface area contributed by atoms with Crippen molar-refractivity contribution in [3.63, 3.8) is 0 Å². The molecule has 1 atom stereocenters. The van der Waals surface area contributed by atoms with E-state index in [-0.39, 0.29) is 11.9 Å². The number of hydrogen-bond donors (Lipinski definition) is 1. The van der Waals surface area contributed by atoms with Gasteiger partial charge >= 0.3 is 0 Å². The van der Waals surface area contributed by atoms with E-state index in [0.717, 1.165) is 9.13 Å². The predicted molar refractivity (Wildman–Crippen MR) is 59.5 cm³/mol. The topological polar surface area (TPSA) is 26.0 Å². The summed E-state index contributed by atoms with van der Waals surface area (Å²) in [7, 11) is 0. The van der Waals surface area contributed by atoms with Gasteiger partial charge in [-0.1, -0.05) is 6.07 Å².